The summed E-state index contributed by atoms with van der Waals surface area (Å²) in [6.45, 7) is 0. The fraction of sp³-hybridized carbons (Fsp3) is 0.500. The molecular weight excluding hydrogens is 176 g/mol. The number of carboxylic acids is 1. The number of thiol groups is 1. The summed E-state index contributed by atoms with van der Waals surface area (Å²) < 4.78 is 0. The van der Waals surface area contributed by atoms with E-state index in [4.69, 9.17) is 5.11 Å². The van der Waals surface area contributed by atoms with Crippen LogP contribution in [0.4, 0.5) is 0 Å². The molecule has 7 heteroatoms. The maximum absolute atomic E-state index is 9.29. The molecule has 0 saturated heterocycles. The van der Waals surface area contributed by atoms with Crippen molar-refractivity contribution in [2.45, 2.75) is 0 Å². The van der Waals surface area contributed by atoms with E-state index in [1.165, 1.54) is 0 Å². The number of rotatable bonds is 1. The number of carbonyl (C=O) groups is 1. The molecule has 0 atom stereocenters. The first-order valence-corrected chi connectivity index (χ1v) is 1.73. The van der Waals surface area contributed by atoms with Gasteiger partial charge in [0, 0.05) is 0 Å². The van der Waals surface area contributed by atoms with Crippen LogP contribution in [0, 0.1) is 0 Å². The van der Waals surface area contributed by atoms with Crippen LogP contribution in [0.2, 0.25) is 0 Å². The van der Waals surface area contributed by atoms with Gasteiger partial charge >= 0.3 is 43.7 Å². The third-order valence-electron chi connectivity index (χ3n) is 0.135. The van der Waals surface area contributed by atoms with E-state index in [1.54, 1.807) is 0 Å². The van der Waals surface area contributed by atoms with Gasteiger partial charge in [-0.2, -0.15) is 12.6 Å². The summed E-state index contributed by atoms with van der Waals surface area (Å²) in [6, 6.07) is 0. The van der Waals surface area contributed by atoms with Gasteiger partial charge in [-0.3, -0.25) is 4.79 Å². The molecule has 0 aromatic heterocycles. The Hall–Kier alpha value is 0.960. The molecule has 0 aromatic rings. The Morgan fingerprint density at radius 2 is 1.44 bits per heavy atom. The molecule has 0 unspecified atom stereocenters. The molecular formula is C2H12CaO5S. The minimum absolute atomic E-state index is 0. The standard InChI is InChI=1S/C2H4O2S.Ca.3H2O.2H/c3-2(4)1-5;;;;;;/h5H,1H2,(H,3,4);;3*1H2;;. The first-order valence-electron chi connectivity index (χ1n) is 1.10. The second kappa shape index (κ2) is 23.1. The molecule has 5 nitrogen and oxygen atoms in total. The van der Waals surface area contributed by atoms with Gasteiger partial charge in [-0.25, -0.2) is 0 Å². The zero-order valence-electron chi connectivity index (χ0n) is 4.01. The first kappa shape index (κ1) is 32.5. The minimum atomic E-state index is -0.881. The predicted molar refractivity (Wildman–Crippen MR) is 40.9 cm³/mol. The Balaban J connectivity index is -0.0000000133. The summed E-state index contributed by atoms with van der Waals surface area (Å²) in [4.78, 5) is 9.29. The third kappa shape index (κ3) is 49.5. The van der Waals surface area contributed by atoms with Crippen LogP contribution >= 0.6 is 12.6 Å². The van der Waals surface area contributed by atoms with Gasteiger partial charge in [0.05, 0.1) is 5.75 Å². The maximum atomic E-state index is 9.29. The molecule has 0 spiro atoms. The van der Waals surface area contributed by atoms with Crippen LogP contribution in [0.25, 0.3) is 0 Å². The summed E-state index contributed by atoms with van der Waals surface area (Å²) >= 11 is 3.42. The molecule has 58 valence electrons. The number of aliphatic carboxylic acids is 1. The summed E-state index contributed by atoms with van der Waals surface area (Å²) in [5.41, 5.74) is 0. The summed E-state index contributed by atoms with van der Waals surface area (Å²) in [7, 11) is 0. The molecule has 0 bridgehead atoms. The predicted octanol–water partition coefficient (Wildman–Crippen LogP) is -3.39. The quantitative estimate of drug-likeness (QED) is 0.328. The number of carboxylic acid groups (broad SMARTS) is 1. The molecule has 7 N–H and O–H groups in total. The van der Waals surface area contributed by atoms with E-state index < -0.39 is 5.97 Å². The van der Waals surface area contributed by atoms with Crippen molar-refractivity contribution in [1.82, 2.24) is 0 Å². The molecule has 0 fully saturated rings. The topological polar surface area (TPSA) is 132 Å². The Morgan fingerprint density at radius 1 is 1.33 bits per heavy atom. The van der Waals surface area contributed by atoms with Crippen molar-refractivity contribution in [2.24, 2.45) is 0 Å². The van der Waals surface area contributed by atoms with Gasteiger partial charge in [0.1, 0.15) is 0 Å². The fourth-order valence-electron chi connectivity index (χ4n) is 0. The molecule has 0 aromatic carbocycles. The van der Waals surface area contributed by atoms with Gasteiger partial charge in [-0.1, -0.05) is 0 Å². The van der Waals surface area contributed by atoms with Crippen molar-refractivity contribution < 1.29 is 26.3 Å². The van der Waals surface area contributed by atoms with E-state index in [9.17, 15) is 4.79 Å². The number of hydrogen-bond acceptors (Lipinski definition) is 2. The molecule has 0 aliphatic rings. The molecule has 0 amide bonds. The normalized spacial score (nSPS) is 4.11. The van der Waals surface area contributed by atoms with Crippen molar-refractivity contribution in [3.63, 3.8) is 0 Å². The third-order valence-corrected chi connectivity index (χ3v) is 0.406. The van der Waals surface area contributed by atoms with Gasteiger partial charge < -0.3 is 21.5 Å². The fourth-order valence-corrected chi connectivity index (χ4v) is 0. The van der Waals surface area contributed by atoms with Crippen LogP contribution in [0.5, 0.6) is 0 Å². The zero-order valence-corrected chi connectivity index (χ0v) is 4.90. The molecule has 0 aliphatic heterocycles. The van der Waals surface area contributed by atoms with Gasteiger partial charge in [0.2, 0.25) is 0 Å². The van der Waals surface area contributed by atoms with Crippen LogP contribution in [0.15, 0.2) is 0 Å². The Morgan fingerprint density at radius 3 is 1.44 bits per heavy atom. The summed E-state index contributed by atoms with van der Waals surface area (Å²) in [5, 5.41) is 7.65. The van der Waals surface area contributed by atoms with Crippen molar-refractivity contribution in [2.75, 3.05) is 5.75 Å². The van der Waals surface area contributed by atoms with Crippen molar-refractivity contribution >= 4 is 56.3 Å². The van der Waals surface area contributed by atoms with Crippen LogP contribution in [-0.2, 0) is 4.79 Å². The van der Waals surface area contributed by atoms with Crippen molar-refractivity contribution in [3.05, 3.63) is 0 Å². The van der Waals surface area contributed by atoms with E-state index in [0.717, 1.165) is 0 Å². The molecule has 0 radical (unpaired) electrons. The zero-order chi connectivity index (χ0) is 4.28. The van der Waals surface area contributed by atoms with E-state index in [-0.39, 0.29) is 59.9 Å². The molecule has 9 heavy (non-hydrogen) atoms. The molecule has 0 aliphatic carbocycles. The van der Waals surface area contributed by atoms with Crippen LogP contribution < -0.4 is 0 Å². The van der Waals surface area contributed by atoms with Crippen molar-refractivity contribution in [3.8, 4) is 0 Å². The van der Waals surface area contributed by atoms with Crippen molar-refractivity contribution in [1.29, 1.82) is 0 Å². The van der Waals surface area contributed by atoms with E-state index >= 15 is 0 Å². The van der Waals surface area contributed by atoms with Gasteiger partial charge in [0.25, 0.3) is 0 Å². The van der Waals surface area contributed by atoms with Gasteiger partial charge in [-0.15, -0.1) is 0 Å². The number of hydrogen-bond donors (Lipinski definition) is 2. The van der Waals surface area contributed by atoms with E-state index in [0.29, 0.717) is 0 Å². The van der Waals surface area contributed by atoms with Crippen LogP contribution in [0.1, 0.15) is 0 Å². The average Bonchev–Trinajstić information content (AvgIpc) is 1.38. The SMILES string of the molecule is O.O.O.O=C(O)CS.[CaH2]. The summed E-state index contributed by atoms with van der Waals surface area (Å²) in [6.07, 6.45) is 0. The van der Waals surface area contributed by atoms with E-state index in [1.807, 2.05) is 0 Å². The summed E-state index contributed by atoms with van der Waals surface area (Å²) in [5.74, 6) is -0.965. The molecule has 0 saturated carbocycles. The second-order valence-corrected chi connectivity index (χ2v) is 0.868. The van der Waals surface area contributed by atoms with Gasteiger partial charge in [0.15, 0.2) is 0 Å². The Labute approximate surface area is 87.8 Å². The van der Waals surface area contributed by atoms with Gasteiger partial charge in [-0.05, 0) is 0 Å². The molecule has 0 rings (SSSR count). The monoisotopic (exact) mass is 188 g/mol. The first-order chi connectivity index (χ1) is 2.27. The van der Waals surface area contributed by atoms with E-state index in [2.05, 4.69) is 12.6 Å². The average molecular weight is 188 g/mol. The Bertz CT molecular complexity index is 50.2. The molecule has 0 heterocycles. The second-order valence-electron chi connectivity index (χ2n) is 0.552. The Kier molecular flexibility index (Phi) is 83.3. The van der Waals surface area contributed by atoms with Crippen LogP contribution in [-0.4, -0.2) is 71.0 Å². The van der Waals surface area contributed by atoms with Crippen LogP contribution in [0.3, 0.4) is 0 Å².